The van der Waals surface area contributed by atoms with Gasteiger partial charge in [-0.05, 0) is 135 Å². The molecule has 12 N–H and O–H groups in total. The molecule has 19 heteroatoms. The van der Waals surface area contributed by atoms with Gasteiger partial charge in [0, 0.05) is 6.42 Å². The molecule has 3 rings (SSSR count). The molecule has 1 amide bonds. The summed E-state index contributed by atoms with van der Waals surface area (Å²) in [5.74, 6) is -0.338. The van der Waals surface area contributed by atoms with Crippen molar-refractivity contribution in [3.05, 3.63) is 182 Å². The summed E-state index contributed by atoms with van der Waals surface area (Å²) in [6, 6.07) is -1.04. The van der Waals surface area contributed by atoms with Crippen LogP contribution < -0.4 is 5.32 Å². The summed E-state index contributed by atoms with van der Waals surface area (Å²) in [4.78, 5) is 13.5. The van der Waals surface area contributed by atoms with Gasteiger partial charge in [0.15, 0.2) is 18.9 Å². The molecule has 17 atom stereocenters. The molecule has 0 radical (unpaired) electrons. The van der Waals surface area contributed by atoms with Crippen LogP contribution in [0.2, 0.25) is 0 Å². The van der Waals surface area contributed by atoms with Crippen molar-refractivity contribution in [3.63, 3.8) is 0 Å². The van der Waals surface area contributed by atoms with Crippen molar-refractivity contribution in [2.24, 2.45) is 0 Å². The summed E-state index contributed by atoms with van der Waals surface area (Å²) >= 11 is 0. The zero-order valence-corrected chi connectivity index (χ0v) is 66.9. The van der Waals surface area contributed by atoms with Crippen LogP contribution in [0.4, 0.5) is 0 Å². The molecule has 3 heterocycles. The van der Waals surface area contributed by atoms with Crippen molar-refractivity contribution in [1.82, 2.24) is 5.32 Å². The molecule has 110 heavy (non-hydrogen) atoms. The van der Waals surface area contributed by atoms with Crippen LogP contribution in [0.1, 0.15) is 251 Å². The zero-order chi connectivity index (χ0) is 79.5. The summed E-state index contributed by atoms with van der Waals surface area (Å²) in [6.45, 7) is 1.56. The SMILES string of the molecule is CC/C=C\C/C=C\C/C=C\C/C=C\C/C=C\C/C=C\C/C=C\C/C=C\C/C=C\C/C=C\C/C=C\C/C=C\CCCCC(=O)NC(COC1OC(CO)C(OC2OC(CO)C(OC3OC(CO)C(O)C(O)C3O)C(O)C2O)C(O)C1O)C(O)/C=C/CC/C=C/CC/C=C/CCCCCCCCCCCCCCCCCC. The molecule has 0 spiro atoms. The Labute approximate surface area is 661 Å². The molecule has 624 valence electrons. The first-order chi connectivity index (χ1) is 53.8. The highest BCUT2D eigenvalue weighted by molar-refractivity contribution is 5.76. The molecule has 3 aliphatic rings. The molecule has 0 saturated carbocycles. The van der Waals surface area contributed by atoms with Crippen molar-refractivity contribution < 1.29 is 89.4 Å². The molecule has 3 aliphatic heterocycles. The molecule has 0 bridgehead atoms. The van der Waals surface area contributed by atoms with Crippen molar-refractivity contribution in [1.29, 1.82) is 0 Å². The van der Waals surface area contributed by atoms with Crippen LogP contribution in [0.15, 0.2) is 182 Å². The third kappa shape index (κ3) is 46.9. The smallest absolute Gasteiger partial charge is 0.220 e. The van der Waals surface area contributed by atoms with E-state index in [1.54, 1.807) is 6.08 Å². The molecule has 3 saturated heterocycles. The van der Waals surface area contributed by atoms with Gasteiger partial charge in [0.1, 0.15) is 73.2 Å². The number of ether oxygens (including phenoxy) is 6. The second kappa shape index (κ2) is 68.3. The lowest BCUT2D eigenvalue weighted by Gasteiger charge is -2.48. The summed E-state index contributed by atoms with van der Waals surface area (Å²) in [5.41, 5.74) is 0. The van der Waals surface area contributed by atoms with Gasteiger partial charge in [-0.25, -0.2) is 0 Å². The molecule has 3 fully saturated rings. The van der Waals surface area contributed by atoms with Gasteiger partial charge >= 0.3 is 0 Å². The monoisotopic (exact) mass is 1540 g/mol. The fraction of sp³-hybridized carbons (Fsp3) is 0.659. The molecule has 0 aliphatic carbocycles. The average molecular weight is 1540 g/mol. The number of aliphatic hydroxyl groups excluding tert-OH is 11. The highest BCUT2D eigenvalue weighted by Gasteiger charge is 2.54. The molecule has 0 aromatic heterocycles. The van der Waals surface area contributed by atoms with E-state index in [4.69, 9.17) is 28.4 Å². The number of carbonyl (C=O) groups excluding carboxylic acids is 1. The van der Waals surface area contributed by atoms with Crippen molar-refractivity contribution >= 4 is 5.91 Å². The lowest BCUT2D eigenvalue weighted by atomic mass is 9.96. The van der Waals surface area contributed by atoms with E-state index < -0.39 is 131 Å². The quantitative estimate of drug-likeness (QED) is 0.0199. The Balaban J connectivity index is 1.40. The van der Waals surface area contributed by atoms with Gasteiger partial charge < -0.3 is 89.9 Å². The number of aliphatic hydroxyl groups is 11. The Bertz CT molecular complexity index is 2710. The van der Waals surface area contributed by atoms with Gasteiger partial charge in [0.05, 0.1) is 38.6 Å². The summed E-state index contributed by atoms with van der Waals surface area (Å²) in [6.07, 6.45) is 77.4. The first-order valence-corrected chi connectivity index (χ1v) is 42.0. The van der Waals surface area contributed by atoms with E-state index in [1.165, 1.54) is 103 Å². The molecule has 17 unspecified atom stereocenters. The number of unbranched alkanes of at least 4 members (excludes halogenated alkanes) is 20. The lowest BCUT2D eigenvalue weighted by molar-refractivity contribution is -0.379. The molecular weight excluding hydrogens is 1390 g/mol. The number of nitrogens with one attached hydrogen (secondary N) is 1. The number of amides is 1. The zero-order valence-electron chi connectivity index (χ0n) is 66.9. The number of hydrogen-bond donors (Lipinski definition) is 12. The summed E-state index contributed by atoms with van der Waals surface area (Å²) in [5, 5.41) is 121. The Kier molecular flexibility index (Phi) is 61.5. The first-order valence-electron chi connectivity index (χ1n) is 42.0. The van der Waals surface area contributed by atoms with Crippen LogP contribution in [-0.2, 0) is 33.2 Å². The first kappa shape index (κ1) is 99.1. The van der Waals surface area contributed by atoms with Crippen molar-refractivity contribution in [3.8, 4) is 0 Å². The minimum absolute atomic E-state index is 0.164. The third-order valence-corrected chi connectivity index (χ3v) is 19.4. The van der Waals surface area contributed by atoms with E-state index in [0.29, 0.717) is 12.8 Å². The van der Waals surface area contributed by atoms with E-state index in [1.807, 2.05) is 6.08 Å². The second-order valence-corrected chi connectivity index (χ2v) is 28.8. The molecule has 0 aromatic rings. The predicted molar refractivity (Wildman–Crippen MR) is 442 cm³/mol. The number of carbonyl (C=O) groups is 1. The third-order valence-electron chi connectivity index (χ3n) is 19.4. The Hall–Kier alpha value is -5.11. The Morgan fingerprint density at radius 3 is 1.02 bits per heavy atom. The Morgan fingerprint density at radius 2 is 0.636 bits per heavy atom. The van der Waals surface area contributed by atoms with Crippen molar-refractivity contribution in [2.45, 2.75) is 356 Å². The van der Waals surface area contributed by atoms with E-state index in [0.717, 1.165) is 116 Å². The Morgan fingerprint density at radius 1 is 0.336 bits per heavy atom. The summed E-state index contributed by atoms with van der Waals surface area (Å²) in [7, 11) is 0. The fourth-order valence-corrected chi connectivity index (χ4v) is 12.7. The number of allylic oxidation sites excluding steroid dienone is 29. The van der Waals surface area contributed by atoms with Gasteiger partial charge in [-0.3, -0.25) is 4.79 Å². The van der Waals surface area contributed by atoms with Gasteiger partial charge in [-0.1, -0.05) is 292 Å². The maximum Gasteiger partial charge on any atom is 0.220 e. The minimum Gasteiger partial charge on any atom is -0.394 e. The average Bonchev–Trinajstić information content (AvgIpc) is 0.780. The second-order valence-electron chi connectivity index (χ2n) is 28.8. The lowest BCUT2D eigenvalue weighted by Crippen LogP contribution is -2.66. The van der Waals surface area contributed by atoms with E-state index in [-0.39, 0.29) is 12.3 Å². The van der Waals surface area contributed by atoms with Crippen LogP contribution in [0.25, 0.3) is 0 Å². The predicted octanol–water partition coefficient (Wildman–Crippen LogP) is 15.1. The normalized spacial score (nSPS) is 26.1. The van der Waals surface area contributed by atoms with Gasteiger partial charge in [-0.2, -0.15) is 0 Å². The maximum atomic E-state index is 13.5. The van der Waals surface area contributed by atoms with E-state index in [2.05, 4.69) is 189 Å². The highest BCUT2D eigenvalue weighted by atomic mass is 16.8. The van der Waals surface area contributed by atoms with Crippen LogP contribution in [0, 0.1) is 0 Å². The van der Waals surface area contributed by atoms with Crippen LogP contribution in [-0.4, -0.2) is 193 Å². The molecule has 19 nitrogen and oxygen atoms in total. The van der Waals surface area contributed by atoms with E-state index >= 15 is 0 Å². The van der Waals surface area contributed by atoms with Crippen molar-refractivity contribution in [2.75, 3.05) is 26.4 Å². The maximum absolute atomic E-state index is 13.5. The van der Waals surface area contributed by atoms with Gasteiger partial charge in [0.2, 0.25) is 5.91 Å². The van der Waals surface area contributed by atoms with Crippen LogP contribution in [0.3, 0.4) is 0 Å². The minimum atomic E-state index is -2.00. The summed E-state index contributed by atoms with van der Waals surface area (Å²) < 4.78 is 34.4. The van der Waals surface area contributed by atoms with Gasteiger partial charge in [0.25, 0.3) is 0 Å². The topological polar surface area (TPSA) is 307 Å². The van der Waals surface area contributed by atoms with E-state index in [9.17, 15) is 61.0 Å². The standard InChI is InChI=1S/C91H147NO18/c1-3-5-7-9-11-13-15-17-19-21-23-25-27-29-31-32-33-34-35-36-37-38-39-40-41-42-43-45-47-49-51-53-55-57-59-61-63-65-67-69-79(97)92-74(75(96)68-66-64-62-60-58-56-54-52-50-48-46-44-30-28-26-24-22-20-18-16-14-12-10-8-6-4-2)73-105-89-85(103)82(100)87(77(71-94)107-89)110-91-86(104)83(101)88(78(72-95)108-91)109-90-84(102)81(99)80(98)76(70-93)106-90/h5,7,11,13,17,19,23,25,29,31,33-34,36-37,39-40,42-43,47,49-50,52-53,55,58-61,66,68,74-78,80-91,93-96,98-104H,3-4,6,8-10,12,14-16,18,20-22,24,26-28,30,32,35,38,41,44-46,48,51,54,56-57,62-65,67,69-73H2,1-2H3,(H,92,97)/b7-5-,13-11-,19-17-,25-23-,31-29-,34-33-,37-36-,40-39-,43-42-,49-47-,52-50+,55-53-,60-58+,61-59-,68-66+. The number of rotatable bonds is 64. The van der Waals surface area contributed by atoms with Gasteiger partial charge in [-0.15, -0.1) is 0 Å². The molecule has 0 aromatic carbocycles. The van der Waals surface area contributed by atoms with Crippen LogP contribution in [0.5, 0.6) is 0 Å². The number of hydrogen-bond acceptors (Lipinski definition) is 18. The van der Waals surface area contributed by atoms with Crippen LogP contribution >= 0.6 is 0 Å². The highest BCUT2D eigenvalue weighted by Crippen LogP contribution is 2.33. The molecular formula is C91H147NO18. The largest absolute Gasteiger partial charge is 0.394 e. The fourth-order valence-electron chi connectivity index (χ4n) is 12.7.